The van der Waals surface area contributed by atoms with Crippen LogP contribution in [0, 0.1) is 0 Å². The highest BCUT2D eigenvalue weighted by molar-refractivity contribution is 5.78. The average molecular weight is 389 g/mol. The lowest BCUT2D eigenvalue weighted by atomic mass is 10.1. The van der Waals surface area contributed by atoms with Crippen LogP contribution in [0.3, 0.4) is 0 Å². The zero-order valence-corrected chi connectivity index (χ0v) is 16.6. The van der Waals surface area contributed by atoms with E-state index >= 15 is 0 Å². The molecule has 3 aromatic rings. The van der Waals surface area contributed by atoms with Crippen molar-refractivity contribution in [2.75, 3.05) is 13.1 Å². The van der Waals surface area contributed by atoms with Gasteiger partial charge in [-0.15, -0.1) is 0 Å². The summed E-state index contributed by atoms with van der Waals surface area (Å²) in [5.41, 5.74) is 3.98. The van der Waals surface area contributed by atoms with Gasteiger partial charge in [0, 0.05) is 18.7 Å². The molecule has 0 atom stereocenters. The van der Waals surface area contributed by atoms with Gasteiger partial charge in [0.1, 0.15) is 6.26 Å². The molecule has 0 radical (unpaired) electrons. The molecule has 2 heterocycles. The maximum Gasteiger partial charge on any atom is 0.226 e. The van der Waals surface area contributed by atoms with Crippen LogP contribution in [0.2, 0.25) is 0 Å². The Balaban J connectivity index is 1.25. The molecule has 1 saturated heterocycles. The summed E-state index contributed by atoms with van der Waals surface area (Å²) in [6.07, 6.45) is 5.74. The van der Waals surface area contributed by atoms with Crippen LogP contribution in [0.15, 0.2) is 65.3 Å². The number of likely N-dealkylation sites (tertiary alicyclic amines) is 1. The lowest BCUT2D eigenvalue weighted by Gasteiger charge is -2.26. The van der Waals surface area contributed by atoms with Gasteiger partial charge in [-0.25, -0.2) is 4.98 Å². The van der Waals surface area contributed by atoms with E-state index in [1.165, 1.54) is 37.9 Å². The smallest absolute Gasteiger partial charge is 0.226 e. The van der Waals surface area contributed by atoms with Crippen LogP contribution in [0.4, 0.5) is 0 Å². The maximum atomic E-state index is 12.3. The van der Waals surface area contributed by atoms with E-state index in [2.05, 4.69) is 39.5 Å². The van der Waals surface area contributed by atoms with Crippen LogP contribution in [0.1, 0.15) is 36.1 Å². The summed E-state index contributed by atoms with van der Waals surface area (Å²) in [7, 11) is 0. The Labute approximate surface area is 171 Å². The number of aromatic nitrogens is 1. The molecule has 1 aliphatic rings. The molecule has 0 saturated carbocycles. The summed E-state index contributed by atoms with van der Waals surface area (Å²) >= 11 is 0. The molecule has 1 N–H and O–H groups in total. The number of benzene rings is 2. The van der Waals surface area contributed by atoms with Crippen LogP contribution >= 0.6 is 0 Å². The first-order chi connectivity index (χ1) is 14.3. The van der Waals surface area contributed by atoms with Gasteiger partial charge < -0.3 is 9.73 Å². The number of hydrogen-bond acceptors (Lipinski definition) is 4. The SMILES string of the molecule is O=C(Cc1coc(-c2ccccc2)n1)NCc1ccc(CN2CCCCC2)cc1. The second-order valence-corrected chi connectivity index (χ2v) is 7.62. The van der Waals surface area contributed by atoms with E-state index in [0.29, 0.717) is 18.1 Å². The van der Waals surface area contributed by atoms with Crippen LogP contribution in [-0.2, 0) is 24.3 Å². The number of rotatable bonds is 7. The molecule has 0 spiro atoms. The van der Waals surface area contributed by atoms with Crippen molar-refractivity contribution in [1.29, 1.82) is 0 Å². The number of hydrogen-bond donors (Lipinski definition) is 1. The number of nitrogens with one attached hydrogen (secondary N) is 1. The Morgan fingerprint density at radius 1 is 0.966 bits per heavy atom. The quantitative estimate of drug-likeness (QED) is 0.658. The van der Waals surface area contributed by atoms with E-state index in [1.54, 1.807) is 6.26 Å². The third-order valence-corrected chi connectivity index (χ3v) is 5.28. The largest absolute Gasteiger partial charge is 0.444 e. The van der Waals surface area contributed by atoms with E-state index in [0.717, 1.165) is 17.7 Å². The highest BCUT2D eigenvalue weighted by Crippen LogP contribution is 2.18. The molecular formula is C24H27N3O2. The second kappa shape index (κ2) is 9.52. The first-order valence-corrected chi connectivity index (χ1v) is 10.3. The molecule has 5 heteroatoms. The predicted octanol–water partition coefficient (Wildman–Crippen LogP) is 4.19. The fourth-order valence-electron chi connectivity index (χ4n) is 3.67. The molecule has 0 unspecified atom stereocenters. The Morgan fingerprint density at radius 2 is 1.69 bits per heavy atom. The molecule has 5 nitrogen and oxygen atoms in total. The van der Waals surface area contributed by atoms with Crippen LogP contribution in [0.25, 0.3) is 11.5 Å². The lowest BCUT2D eigenvalue weighted by molar-refractivity contribution is -0.120. The number of carbonyl (C=O) groups excluding carboxylic acids is 1. The predicted molar refractivity (Wildman–Crippen MR) is 113 cm³/mol. The number of piperidine rings is 1. The van der Waals surface area contributed by atoms with Crippen molar-refractivity contribution in [2.45, 2.75) is 38.8 Å². The van der Waals surface area contributed by atoms with Crippen molar-refractivity contribution < 1.29 is 9.21 Å². The third kappa shape index (κ3) is 5.55. The number of amides is 1. The minimum Gasteiger partial charge on any atom is -0.444 e. The van der Waals surface area contributed by atoms with Crippen LogP contribution in [0.5, 0.6) is 0 Å². The van der Waals surface area contributed by atoms with E-state index in [9.17, 15) is 4.79 Å². The van der Waals surface area contributed by atoms with E-state index in [-0.39, 0.29) is 12.3 Å². The van der Waals surface area contributed by atoms with Crippen LogP contribution in [-0.4, -0.2) is 28.9 Å². The van der Waals surface area contributed by atoms with Crippen molar-refractivity contribution in [1.82, 2.24) is 15.2 Å². The fourth-order valence-corrected chi connectivity index (χ4v) is 3.67. The van der Waals surface area contributed by atoms with E-state index in [1.807, 2.05) is 30.3 Å². The van der Waals surface area contributed by atoms with Gasteiger partial charge in [-0.2, -0.15) is 0 Å². The maximum absolute atomic E-state index is 12.3. The normalized spacial score (nSPS) is 14.6. The summed E-state index contributed by atoms with van der Waals surface area (Å²) in [4.78, 5) is 19.2. The summed E-state index contributed by atoms with van der Waals surface area (Å²) in [6.45, 7) is 3.94. The van der Waals surface area contributed by atoms with E-state index in [4.69, 9.17) is 4.42 Å². The minimum atomic E-state index is -0.0599. The molecule has 1 aromatic heterocycles. The molecule has 1 fully saturated rings. The molecule has 2 aromatic carbocycles. The number of nitrogens with zero attached hydrogens (tertiary/aromatic N) is 2. The summed E-state index contributed by atoms with van der Waals surface area (Å²) in [5.74, 6) is 0.480. The number of oxazole rings is 1. The van der Waals surface area contributed by atoms with Crippen molar-refractivity contribution in [3.8, 4) is 11.5 Å². The van der Waals surface area contributed by atoms with Gasteiger partial charge in [-0.1, -0.05) is 48.9 Å². The second-order valence-electron chi connectivity index (χ2n) is 7.62. The molecule has 29 heavy (non-hydrogen) atoms. The Bertz CT molecular complexity index is 913. The van der Waals surface area contributed by atoms with Gasteiger partial charge in [-0.3, -0.25) is 9.69 Å². The van der Waals surface area contributed by atoms with Gasteiger partial charge in [0.25, 0.3) is 0 Å². The Kier molecular flexibility index (Phi) is 6.37. The molecule has 0 bridgehead atoms. The van der Waals surface area contributed by atoms with Crippen molar-refractivity contribution in [2.24, 2.45) is 0 Å². The highest BCUT2D eigenvalue weighted by atomic mass is 16.3. The van der Waals surface area contributed by atoms with Crippen molar-refractivity contribution in [3.63, 3.8) is 0 Å². The van der Waals surface area contributed by atoms with Crippen molar-refractivity contribution in [3.05, 3.63) is 77.7 Å². The third-order valence-electron chi connectivity index (χ3n) is 5.28. The Morgan fingerprint density at radius 3 is 2.45 bits per heavy atom. The lowest BCUT2D eigenvalue weighted by Crippen LogP contribution is -2.29. The standard InChI is InChI=1S/C24H27N3O2/c28-23(15-22-18-29-24(26-22)21-7-3-1-4-8-21)25-16-19-9-11-20(12-10-19)17-27-13-5-2-6-14-27/h1,3-4,7-12,18H,2,5-6,13-17H2,(H,25,28). The zero-order chi connectivity index (χ0) is 19.9. The Hall–Kier alpha value is -2.92. The summed E-state index contributed by atoms with van der Waals surface area (Å²) in [6, 6.07) is 18.2. The molecule has 4 rings (SSSR count). The fraction of sp³-hybridized carbons (Fsp3) is 0.333. The highest BCUT2D eigenvalue weighted by Gasteiger charge is 2.11. The molecule has 0 aliphatic carbocycles. The van der Waals surface area contributed by atoms with Gasteiger partial charge in [0.2, 0.25) is 11.8 Å². The first kappa shape index (κ1) is 19.4. The van der Waals surface area contributed by atoms with E-state index < -0.39 is 0 Å². The van der Waals surface area contributed by atoms with Gasteiger partial charge in [0.15, 0.2) is 0 Å². The van der Waals surface area contributed by atoms with Crippen molar-refractivity contribution >= 4 is 5.91 Å². The molecule has 1 amide bonds. The molecular weight excluding hydrogens is 362 g/mol. The van der Waals surface area contributed by atoms with Gasteiger partial charge >= 0.3 is 0 Å². The average Bonchev–Trinajstić information content (AvgIpc) is 3.23. The topological polar surface area (TPSA) is 58.4 Å². The minimum absolute atomic E-state index is 0.0599. The van der Waals surface area contributed by atoms with Gasteiger partial charge in [-0.05, 0) is 49.2 Å². The summed E-state index contributed by atoms with van der Waals surface area (Å²) in [5, 5.41) is 2.97. The number of carbonyl (C=O) groups is 1. The van der Waals surface area contributed by atoms with Gasteiger partial charge in [0.05, 0.1) is 12.1 Å². The molecule has 150 valence electrons. The zero-order valence-electron chi connectivity index (χ0n) is 16.6. The monoisotopic (exact) mass is 389 g/mol. The van der Waals surface area contributed by atoms with Crippen LogP contribution < -0.4 is 5.32 Å². The molecule has 1 aliphatic heterocycles. The first-order valence-electron chi connectivity index (χ1n) is 10.3. The summed E-state index contributed by atoms with van der Waals surface area (Å²) < 4.78 is 5.49.